The minimum Gasteiger partial charge on any atom is -0.224 e. The van der Waals surface area contributed by atoms with Crippen molar-refractivity contribution in [3.05, 3.63) is 29.8 Å². The summed E-state index contributed by atoms with van der Waals surface area (Å²) in [5, 5.41) is 0. The predicted molar refractivity (Wildman–Crippen MR) is 58.7 cm³/mol. The van der Waals surface area contributed by atoms with E-state index < -0.39 is 9.84 Å². The van der Waals surface area contributed by atoms with Crippen molar-refractivity contribution in [2.45, 2.75) is 17.7 Å². The molecule has 0 aliphatic heterocycles. The summed E-state index contributed by atoms with van der Waals surface area (Å²) in [6.07, 6.45) is 1.20. The Morgan fingerprint density at radius 2 is 1.79 bits per heavy atom. The molecule has 1 rings (SSSR count). The van der Waals surface area contributed by atoms with Crippen molar-refractivity contribution in [1.29, 1.82) is 0 Å². The summed E-state index contributed by atoms with van der Waals surface area (Å²) >= 11 is 5.70. The monoisotopic (exact) mass is 232 g/mol. The van der Waals surface area contributed by atoms with Crippen molar-refractivity contribution in [3.8, 4) is 0 Å². The maximum absolute atomic E-state index is 11.2. The Morgan fingerprint density at radius 1 is 1.29 bits per heavy atom. The molecule has 1 aromatic rings. The summed E-state index contributed by atoms with van der Waals surface area (Å²) in [6, 6.07) is 6.86. The van der Waals surface area contributed by atoms with Gasteiger partial charge < -0.3 is 0 Å². The van der Waals surface area contributed by atoms with Gasteiger partial charge >= 0.3 is 0 Å². The highest BCUT2D eigenvalue weighted by Crippen LogP contribution is 2.18. The van der Waals surface area contributed by atoms with Crippen LogP contribution in [0.2, 0.25) is 0 Å². The maximum atomic E-state index is 11.2. The molecule has 1 atom stereocenters. The lowest BCUT2D eigenvalue weighted by atomic mass is 10.0. The van der Waals surface area contributed by atoms with Crippen LogP contribution in [0.1, 0.15) is 18.4 Å². The van der Waals surface area contributed by atoms with Crippen LogP contribution in [-0.4, -0.2) is 20.6 Å². The normalized spacial score (nSPS) is 13.9. The largest absolute Gasteiger partial charge is 0.224 e. The Kier molecular flexibility index (Phi) is 3.56. The van der Waals surface area contributed by atoms with Gasteiger partial charge in [0, 0.05) is 12.1 Å². The summed E-state index contributed by atoms with van der Waals surface area (Å²) < 4.78 is 22.3. The molecule has 0 N–H and O–H groups in total. The summed E-state index contributed by atoms with van der Waals surface area (Å²) in [7, 11) is -3.08. The Labute approximate surface area is 89.8 Å². The van der Waals surface area contributed by atoms with E-state index in [1.54, 1.807) is 12.1 Å². The van der Waals surface area contributed by atoms with Crippen LogP contribution in [-0.2, 0) is 9.84 Å². The first kappa shape index (κ1) is 11.5. The summed E-state index contributed by atoms with van der Waals surface area (Å²) in [5.41, 5.74) is 1.06. The molecule has 0 saturated heterocycles. The topological polar surface area (TPSA) is 34.1 Å². The van der Waals surface area contributed by atoms with Crippen LogP contribution in [0.5, 0.6) is 0 Å². The van der Waals surface area contributed by atoms with Crippen molar-refractivity contribution in [1.82, 2.24) is 0 Å². The van der Waals surface area contributed by atoms with Gasteiger partial charge in [-0.3, -0.25) is 0 Å². The average molecular weight is 233 g/mol. The number of hydrogen-bond acceptors (Lipinski definition) is 2. The second-order valence-corrected chi connectivity index (χ2v) is 5.72. The van der Waals surface area contributed by atoms with Gasteiger partial charge in [-0.2, -0.15) is 0 Å². The van der Waals surface area contributed by atoms with Crippen LogP contribution in [0.15, 0.2) is 29.2 Å². The van der Waals surface area contributed by atoms with Gasteiger partial charge in [-0.15, -0.1) is 11.6 Å². The fraction of sp³-hybridized carbons (Fsp3) is 0.400. The molecule has 0 aliphatic carbocycles. The zero-order valence-corrected chi connectivity index (χ0v) is 9.77. The molecule has 0 saturated carbocycles. The van der Waals surface area contributed by atoms with Crippen molar-refractivity contribution in [2.75, 3.05) is 12.1 Å². The minimum absolute atomic E-state index is 0.255. The highest BCUT2D eigenvalue weighted by molar-refractivity contribution is 7.90. The van der Waals surface area contributed by atoms with Crippen molar-refractivity contribution >= 4 is 21.4 Å². The van der Waals surface area contributed by atoms with E-state index in [1.165, 1.54) is 6.26 Å². The molecular formula is C10H13ClO2S. The number of benzene rings is 1. The van der Waals surface area contributed by atoms with E-state index in [-0.39, 0.29) is 5.92 Å². The summed E-state index contributed by atoms with van der Waals surface area (Å²) in [4.78, 5) is 0.350. The third-order valence-corrected chi connectivity index (χ3v) is 3.70. The summed E-state index contributed by atoms with van der Waals surface area (Å²) in [5.74, 6) is 0.795. The van der Waals surface area contributed by atoms with Gasteiger partial charge in [0.2, 0.25) is 0 Å². The van der Waals surface area contributed by atoms with E-state index in [1.807, 2.05) is 19.1 Å². The molecule has 0 radical (unpaired) electrons. The molecular weight excluding hydrogens is 220 g/mol. The van der Waals surface area contributed by atoms with Crippen molar-refractivity contribution < 1.29 is 8.42 Å². The molecule has 0 heterocycles. The lowest BCUT2D eigenvalue weighted by Crippen LogP contribution is -1.99. The van der Waals surface area contributed by atoms with Crippen molar-refractivity contribution in [2.24, 2.45) is 0 Å². The molecule has 4 heteroatoms. The first-order valence-electron chi connectivity index (χ1n) is 4.31. The molecule has 1 unspecified atom stereocenters. The van der Waals surface area contributed by atoms with E-state index >= 15 is 0 Å². The maximum Gasteiger partial charge on any atom is 0.175 e. The van der Waals surface area contributed by atoms with Gasteiger partial charge in [0.25, 0.3) is 0 Å². The van der Waals surface area contributed by atoms with Crippen LogP contribution in [0.3, 0.4) is 0 Å². The molecule has 0 aliphatic rings. The van der Waals surface area contributed by atoms with Gasteiger partial charge in [-0.05, 0) is 23.6 Å². The molecule has 0 amide bonds. The van der Waals surface area contributed by atoms with Crippen LogP contribution in [0.25, 0.3) is 0 Å². The van der Waals surface area contributed by atoms with E-state index in [9.17, 15) is 8.42 Å². The molecule has 0 fully saturated rings. The smallest absolute Gasteiger partial charge is 0.175 e. The molecule has 78 valence electrons. The Balaban J connectivity index is 3.01. The van der Waals surface area contributed by atoms with Crippen LogP contribution in [0, 0.1) is 0 Å². The van der Waals surface area contributed by atoms with Crippen LogP contribution in [0.4, 0.5) is 0 Å². The fourth-order valence-corrected chi connectivity index (χ4v) is 1.94. The third kappa shape index (κ3) is 2.72. The number of halogens is 1. The zero-order valence-electron chi connectivity index (χ0n) is 8.20. The lowest BCUT2D eigenvalue weighted by Gasteiger charge is -2.07. The van der Waals surface area contributed by atoms with Gasteiger partial charge in [-0.25, -0.2) is 8.42 Å². The Morgan fingerprint density at radius 3 is 2.14 bits per heavy atom. The third-order valence-electron chi connectivity index (χ3n) is 2.11. The molecule has 1 aromatic carbocycles. The number of rotatable bonds is 3. The van der Waals surface area contributed by atoms with E-state index in [0.717, 1.165) is 5.56 Å². The standard InChI is InChI=1S/C10H13ClO2S/c1-8(7-11)9-3-5-10(6-4-9)14(2,12)13/h3-6,8H,7H2,1-2H3. The quantitative estimate of drug-likeness (QED) is 0.751. The van der Waals surface area contributed by atoms with E-state index in [4.69, 9.17) is 11.6 Å². The van der Waals surface area contributed by atoms with E-state index in [0.29, 0.717) is 10.8 Å². The molecule has 2 nitrogen and oxygen atoms in total. The average Bonchev–Trinajstić information content (AvgIpc) is 2.15. The molecule has 14 heavy (non-hydrogen) atoms. The fourth-order valence-electron chi connectivity index (χ4n) is 1.13. The highest BCUT2D eigenvalue weighted by atomic mass is 35.5. The second-order valence-electron chi connectivity index (χ2n) is 3.40. The number of hydrogen-bond donors (Lipinski definition) is 0. The van der Waals surface area contributed by atoms with Gasteiger partial charge in [0.1, 0.15) is 0 Å². The lowest BCUT2D eigenvalue weighted by molar-refractivity contribution is 0.602. The molecule has 0 aromatic heterocycles. The highest BCUT2D eigenvalue weighted by Gasteiger charge is 2.08. The van der Waals surface area contributed by atoms with E-state index in [2.05, 4.69) is 0 Å². The van der Waals surface area contributed by atoms with Gasteiger partial charge in [-0.1, -0.05) is 19.1 Å². The summed E-state index contributed by atoms with van der Waals surface area (Å²) in [6.45, 7) is 2.00. The molecule has 0 bridgehead atoms. The van der Waals surface area contributed by atoms with Crippen LogP contribution >= 0.6 is 11.6 Å². The zero-order chi connectivity index (χ0) is 10.8. The second kappa shape index (κ2) is 4.32. The first-order chi connectivity index (χ1) is 6.45. The Bertz CT molecular complexity index is 395. The molecule has 0 spiro atoms. The predicted octanol–water partition coefficient (Wildman–Crippen LogP) is 2.43. The first-order valence-corrected chi connectivity index (χ1v) is 6.73. The SMILES string of the molecule is CC(CCl)c1ccc(S(C)(=O)=O)cc1. The Hall–Kier alpha value is -0.540. The number of alkyl halides is 1. The minimum atomic E-state index is -3.08. The van der Waals surface area contributed by atoms with Crippen LogP contribution < -0.4 is 0 Å². The van der Waals surface area contributed by atoms with Gasteiger partial charge in [0.05, 0.1) is 4.90 Å². The van der Waals surface area contributed by atoms with Gasteiger partial charge in [0.15, 0.2) is 9.84 Å². The number of sulfone groups is 1. The van der Waals surface area contributed by atoms with Crippen molar-refractivity contribution in [3.63, 3.8) is 0 Å².